The first-order valence-electron chi connectivity index (χ1n) is 8.16. The predicted molar refractivity (Wildman–Crippen MR) is 100 cm³/mol. The molecular weight excluding hydrogens is 348 g/mol. The fraction of sp³-hybridized carbons (Fsp3) is 0.111. The smallest absolute Gasteiger partial charge is 0.157 e. The van der Waals surface area contributed by atoms with E-state index in [2.05, 4.69) is 31.5 Å². The van der Waals surface area contributed by atoms with Crippen molar-refractivity contribution in [2.24, 2.45) is 5.16 Å². The largest absolute Gasteiger partial charge is 0.411 e. The third-order valence-corrected chi connectivity index (χ3v) is 5.28. The van der Waals surface area contributed by atoms with E-state index in [1.807, 2.05) is 28.1 Å². The van der Waals surface area contributed by atoms with Crippen molar-refractivity contribution < 1.29 is 5.21 Å². The SMILES string of the molecule is ON=C1CCc2cc(Nc3c(-c4nccs4)nc4cnccn34)ccc21. The van der Waals surface area contributed by atoms with E-state index < -0.39 is 0 Å². The van der Waals surface area contributed by atoms with E-state index >= 15 is 0 Å². The van der Waals surface area contributed by atoms with Gasteiger partial charge in [0.2, 0.25) is 0 Å². The van der Waals surface area contributed by atoms with Gasteiger partial charge in [0.05, 0.1) is 11.9 Å². The summed E-state index contributed by atoms with van der Waals surface area (Å²) in [5.74, 6) is 0.853. The zero-order valence-electron chi connectivity index (χ0n) is 13.6. The second-order valence-corrected chi connectivity index (χ2v) is 6.89. The normalized spacial score (nSPS) is 14.8. The zero-order chi connectivity index (χ0) is 17.5. The molecule has 0 unspecified atom stereocenters. The first-order valence-corrected chi connectivity index (χ1v) is 9.04. The Morgan fingerprint density at radius 3 is 3.04 bits per heavy atom. The van der Waals surface area contributed by atoms with Gasteiger partial charge in [-0.05, 0) is 30.5 Å². The van der Waals surface area contributed by atoms with E-state index in [9.17, 15) is 0 Å². The Balaban J connectivity index is 1.61. The number of benzene rings is 1. The highest BCUT2D eigenvalue weighted by Gasteiger charge is 2.20. The van der Waals surface area contributed by atoms with E-state index in [0.29, 0.717) is 0 Å². The van der Waals surface area contributed by atoms with Crippen LogP contribution in [0.25, 0.3) is 16.3 Å². The lowest BCUT2D eigenvalue weighted by atomic mass is 10.1. The summed E-state index contributed by atoms with van der Waals surface area (Å²) in [6.07, 6.45) is 8.76. The highest BCUT2D eigenvalue weighted by molar-refractivity contribution is 7.13. The molecule has 0 saturated heterocycles. The summed E-state index contributed by atoms with van der Waals surface area (Å²) in [6.45, 7) is 0. The third kappa shape index (κ3) is 2.34. The standard InChI is InChI=1S/C18H14N6OS/c25-23-14-4-1-11-9-12(2-3-13(11)14)21-17-16(18-20-6-8-26-18)22-15-10-19-5-7-24(15)17/h2-3,5-10,21,25H,1,4H2. The number of hydrogen-bond acceptors (Lipinski definition) is 7. The topological polar surface area (TPSA) is 87.7 Å². The van der Waals surface area contributed by atoms with Gasteiger partial charge in [0.1, 0.15) is 16.5 Å². The van der Waals surface area contributed by atoms with Crippen molar-refractivity contribution in [2.75, 3.05) is 5.32 Å². The van der Waals surface area contributed by atoms with Crippen molar-refractivity contribution in [2.45, 2.75) is 12.8 Å². The molecule has 2 N–H and O–H groups in total. The Hall–Kier alpha value is -3.26. The lowest BCUT2D eigenvalue weighted by Crippen LogP contribution is -1.99. The molecule has 5 rings (SSSR count). The maximum atomic E-state index is 9.10. The summed E-state index contributed by atoms with van der Waals surface area (Å²) >= 11 is 1.55. The molecule has 3 aromatic heterocycles. The number of hydrogen-bond donors (Lipinski definition) is 2. The Kier molecular flexibility index (Phi) is 3.42. The fourth-order valence-electron chi connectivity index (χ4n) is 3.30. The first kappa shape index (κ1) is 15.0. The fourth-order valence-corrected chi connectivity index (χ4v) is 3.93. The van der Waals surface area contributed by atoms with Crippen LogP contribution in [0.3, 0.4) is 0 Å². The molecule has 128 valence electrons. The van der Waals surface area contributed by atoms with Gasteiger partial charge in [-0.15, -0.1) is 11.3 Å². The molecule has 1 aromatic carbocycles. The molecule has 4 aromatic rings. The monoisotopic (exact) mass is 362 g/mol. The molecule has 7 nitrogen and oxygen atoms in total. The minimum absolute atomic E-state index is 0.746. The number of rotatable bonds is 3. The van der Waals surface area contributed by atoms with E-state index in [4.69, 9.17) is 5.21 Å². The number of thiazole rings is 1. The van der Waals surface area contributed by atoms with Crippen LogP contribution in [0, 0.1) is 0 Å². The summed E-state index contributed by atoms with van der Waals surface area (Å²) in [7, 11) is 0. The predicted octanol–water partition coefficient (Wildman–Crippen LogP) is 3.72. The van der Waals surface area contributed by atoms with Gasteiger partial charge in [-0.1, -0.05) is 11.2 Å². The van der Waals surface area contributed by atoms with Gasteiger partial charge in [-0.3, -0.25) is 9.38 Å². The number of fused-ring (bicyclic) bond motifs is 2. The molecule has 1 aliphatic rings. The average Bonchev–Trinajstić information content (AvgIpc) is 3.40. The van der Waals surface area contributed by atoms with E-state index in [0.717, 1.165) is 52.0 Å². The molecule has 8 heteroatoms. The van der Waals surface area contributed by atoms with Crippen molar-refractivity contribution in [1.29, 1.82) is 0 Å². The van der Waals surface area contributed by atoms with Gasteiger partial charge < -0.3 is 10.5 Å². The molecular formula is C18H14N6OS. The highest BCUT2D eigenvalue weighted by atomic mass is 32.1. The molecule has 0 radical (unpaired) electrons. The average molecular weight is 362 g/mol. The van der Waals surface area contributed by atoms with E-state index in [1.165, 1.54) is 5.56 Å². The molecule has 0 fully saturated rings. The second kappa shape index (κ2) is 5.92. The first-order chi connectivity index (χ1) is 12.8. The van der Waals surface area contributed by atoms with Crippen LogP contribution in [-0.4, -0.2) is 30.3 Å². The van der Waals surface area contributed by atoms with Crippen molar-refractivity contribution in [3.63, 3.8) is 0 Å². The summed E-state index contributed by atoms with van der Waals surface area (Å²) < 4.78 is 1.97. The maximum absolute atomic E-state index is 9.10. The van der Waals surface area contributed by atoms with E-state index in [1.54, 1.807) is 29.9 Å². The maximum Gasteiger partial charge on any atom is 0.157 e. The molecule has 0 saturated carbocycles. The van der Waals surface area contributed by atoms with Crippen molar-refractivity contribution in [3.8, 4) is 10.7 Å². The van der Waals surface area contributed by atoms with Gasteiger partial charge in [-0.2, -0.15) is 0 Å². The number of oxime groups is 1. The lowest BCUT2D eigenvalue weighted by molar-refractivity contribution is 0.318. The van der Waals surface area contributed by atoms with E-state index in [-0.39, 0.29) is 0 Å². The van der Waals surface area contributed by atoms with Crippen LogP contribution < -0.4 is 5.32 Å². The minimum atomic E-state index is 0.746. The van der Waals surface area contributed by atoms with Gasteiger partial charge in [0, 0.05) is 35.2 Å². The van der Waals surface area contributed by atoms with Gasteiger partial charge >= 0.3 is 0 Å². The summed E-state index contributed by atoms with van der Waals surface area (Å²) in [5.41, 5.74) is 5.45. The van der Waals surface area contributed by atoms with Crippen LogP contribution in [0.1, 0.15) is 17.5 Å². The summed E-state index contributed by atoms with van der Waals surface area (Å²) in [5, 5.41) is 18.8. The molecule has 1 aliphatic carbocycles. The molecule has 0 amide bonds. The van der Waals surface area contributed by atoms with Crippen LogP contribution in [0.2, 0.25) is 0 Å². The van der Waals surface area contributed by atoms with Crippen LogP contribution in [0.5, 0.6) is 0 Å². The number of aryl methyl sites for hydroxylation is 1. The quantitative estimate of drug-likeness (QED) is 0.428. The Bertz CT molecular complexity index is 1130. The molecule has 0 atom stereocenters. The number of imidazole rings is 1. The van der Waals surface area contributed by atoms with Crippen LogP contribution in [0.15, 0.2) is 53.5 Å². The lowest BCUT2D eigenvalue weighted by Gasteiger charge is -2.09. The summed E-state index contributed by atoms with van der Waals surface area (Å²) in [6, 6.07) is 6.08. The molecule has 0 aliphatic heterocycles. The molecule has 0 bridgehead atoms. The molecule has 0 spiro atoms. The van der Waals surface area contributed by atoms with Crippen molar-refractivity contribution in [1.82, 2.24) is 19.4 Å². The van der Waals surface area contributed by atoms with Crippen LogP contribution in [0.4, 0.5) is 11.5 Å². The second-order valence-electron chi connectivity index (χ2n) is 5.99. The number of aromatic nitrogens is 4. The van der Waals surface area contributed by atoms with Crippen LogP contribution in [-0.2, 0) is 6.42 Å². The Morgan fingerprint density at radius 1 is 1.23 bits per heavy atom. The Morgan fingerprint density at radius 2 is 2.19 bits per heavy atom. The van der Waals surface area contributed by atoms with Crippen LogP contribution >= 0.6 is 11.3 Å². The number of anilines is 2. The highest BCUT2D eigenvalue weighted by Crippen LogP contribution is 2.33. The van der Waals surface area contributed by atoms with Crippen molar-refractivity contribution in [3.05, 3.63) is 59.5 Å². The Labute approximate surface area is 152 Å². The zero-order valence-corrected chi connectivity index (χ0v) is 14.4. The van der Waals surface area contributed by atoms with Gasteiger partial charge in [0.25, 0.3) is 0 Å². The number of nitrogens with one attached hydrogen (secondary N) is 1. The van der Waals surface area contributed by atoms with Gasteiger partial charge in [0.15, 0.2) is 5.65 Å². The molecule has 26 heavy (non-hydrogen) atoms. The third-order valence-electron chi connectivity index (χ3n) is 4.50. The van der Waals surface area contributed by atoms with Gasteiger partial charge in [-0.25, -0.2) is 9.97 Å². The summed E-state index contributed by atoms with van der Waals surface area (Å²) in [4.78, 5) is 13.2. The number of nitrogens with zero attached hydrogens (tertiary/aromatic N) is 5. The molecule has 3 heterocycles. The minimum Gasteiger partial charge on any atom is -0.411 e. The van der Waals surface area contributed by atoms with Crippen molar-refractivity contribution >= 4 is 34.2 Å².